The Labute approximate surface area is 183 Å². The Hall–Kier alpha value is -1.20. The first-order chi connectivity index (χ1) is 14.4. The van der Waals surface area contributed by atoms with Crippen LogP contribution < -0.4 is 5.73 Å². The molecular formula is C25H32F2N2S. The number of benzene rings is 1. The monoisotopic (exact) mass is 430 g/mol. The average Bonchev–Trinajstić information content (AvgIpc) is 2.76. The van der Waals surface area contributed by atoms with Crippen LogP contribution in [0, 0.1) is 29.1 Å². The van der Waals surface area contributed by atoms with Gasteiger partial charge >= 0.3 is 0 Å². The highest BCUT2D eigenvalue weighted by molar-refractivity contribution is 7.80. The molecule has 0 spiro atoms. The van der Waals surface area contributed by atoms with Gasteiger partial charge in [0.05, 0.1) is 0 Å². The zero-order valence-electron chi connectivity index (χ0n) is 17.5. The summed E-state index contributed by atoms with van der Waals surface area (Å²) in [5.41, 5.74) is 6.50. The fourth-order valence-electron chi connectivity index (χ4n) is 7.27. The van der Waals surface area contributed by atoms with Crippen LogP contribution in [0.5, 0.6) is 0 Å². The number of aliphatic imine (C=N–C) groups is 1. The normalized spacial score (nSPS) is 42.0. The van der Waals surface area contributed by atoms with Gasteiger partial charge in [-0.05, 0) is 87.1 Å². The summed E-state index contributed by atoms with van der Waals surface area (Å²) in [4.78, 5) is 5.48. The van der Waals surface area contributed by atoms with Crippen LogP contribution in [0.15, 0.2) is 35.3 Å². The van der Waals surface area contributed by atoms with Gasteiger partial charge in [-0.15, -0.1) is 0 Å². The highest BCUT2D eigenvalue weighted by atomic mass is 32.1. The van der Waals surface area contributed by atoms with E-state index < -0.39 is 17.8 Å². The second-order valence-corrected chi connectivity index (χ2v) is 11.0. The average molecular weight is 431 g/mol. The van der Waals surface area contributed by atoms with Crippen molar-refractivity contribution in [2.24, 2.45) is 39.8 Å². The van der Waals surface area contributed by atoms with E-state index in [9.17, 15) is 0 Å². The van der Waals surface area contributed by atoms with E-state index in [4.69, 9.17) is 22.9 Å². The van der Waals surface area contributed by atoms with Crippen LogP contribution in [0.4, 0.5) is 8.78 Å². The zero-order valence-corrected chi connectivity index (χ0v) is 18.3. The molecule has 1 aromatic carbocycles. The molecule has 5 fully saturated rings. The van der Waals surface area contributed by atoms with Crippen LogP contribution in [-0.4, -0.2) is 23.7 Å². The molecule has 5 aliphatic rings. The molecule has 2 unspecified atom stereocenters. The predicted molar refractivity (Wildman–Crippen MR) is 121 cm³/mol. The molecule has 1 aromatic rings. The largest absolute Gasteiger partial charge is 0.330 e. The molecule has 4 bridgehead atoms. The number of hydrogen-bond acceptors (Lipinski definition) is 2. The molecule has 5 saturated carbocycles. The van der Waals surface area contributed by atoms with E-state index in [-0.39, 0.29) is 10.8 Å². The fourth-order valence-corrected chi connectivity index (χ4v) is 7.57. The Balaban J connectivity index is 1.40. The summed E-state index contributed by atoms with van der Waals surface area (Å²) in [7, 11) is 0. The minimum Gasteiger partial charge on any atom is -0.330 e. The third-order valence-corrected chi connectivity index (χ3v) is 9.32. The number of hydrogen-bond donors (Lipinski definition) is 1. The first kappa shape index (κ1) is 20.7. The van der Waals surface area contributed by atoms with Crippen molar-refractivity contribution >= 4 is 23.4 Å². The third-order valence-electron chi connectivity index (χ3n) is 8.78. The summed E-state index contributed by atoms with van der Waals surface area (Å²) in [6.07, 6.45) is 9.61. The van der Waals surface area contributed by atoms with E-state index in [1.165, 1.54) is 5.56 Å². The molecule has 2 N–H and O–H groups in total. The predicted octanol–water partition coefficient (Wildman–Crippen LogP) is 5.93. The Morgan fingerprint density at radius 3 is 2.27 bits per heavy atom. The van der Waals surface area contributed by atoms with Crippen molar-refractivity contribution in [3.63, 3.8) is 0 Å². The highest BCUT2D eigenvalue weighted by Gasteiger charge is 2.69. The summed E-state index contributed by atoms with van der Waals surface area (Å²) in [5, 5.41) is 0. The summed E-state index contributed by atoms with van der Waals surface area (Å²) in [6, 6.07) is 10.3. The van der Waals surface area contributed by atoms with Gasteiger partial charge in [0, 0.05) is 23.5 Å². The second kappa shape index (κ2) is 7.44. The van der Waals surface area contributed by atoms with Crippen molar-refractivity contribution in [2.45, 2.75) is 69.1 Å². The first-order valence-electron chi connectivity index (χ1n) is 11.6. The topological polar surface area (TPSA) is 38.4 Å². The van der Waals surface area contributed by atoms with Gasteiger partial charge in [-0.3, -0.25) is 4.99 Å². The van der Waals surface area contributed by atoms with Crippen molar-refractivity contribution in [3.8, 4) is 0 Å². The maximum atomic E-state index is 15.1. The van der Waals surface area contributed by atoms with Gasteiger partial charge in [0.1, 0.15) is 4.99 Å². The maximum absolute atomic E-state index is 15.1. The van der Waals surface area contributed by atoms with Crippen LogP contribution in [0.25, 0.3) is 0 Å². The van der Waals surface area contributed by atoms with Gasteiger partial charge in [-0.2, -0.15) is 0 Å². The minimum atomic E-state index is -2.57. The van der Waals surface area contributed by atoms with Crippen molar-refractivity contribution in [1.82, 2.24) is 0 Å². The molecule has 0 saturated heterocycles. The molecule has 5 heteroatoms. The lowest BCUT2D eigenvalue weighted by atomic mass is 9.41. The molecule has 6 rings (SSSR count). The third kappa shape index (κ3) is 3.28. The zero-order chi connectivity index (χ0) is 21.0. The smallest absolute Gasteiger partial charge is 0.253 e. The maximum Gasteiger partial charge on any atom is 0.253 e. The van der Waals surface area contributed by atoms with Crippen LogP contribution >= 0.6 is 12.2 Å². The lowest BCUT2D eigenvalue weighted by Crippen LogP contribution is -2.64. The number of rotatable bonds is 4. The van der Waals surface area contributed by atoms with Crippen molar-refractivity contribution in [1.29, 1.82) is 0 Å². The molecule has 0 aromatic heterocycles. The Kier molecular flexibility index (Phi) is 5.13. The number of nitrogens with two attached hydrogens (primary N) is 1. The highest BCUT2D eigenvalue weighted by Crippen LogP contribution is 2.70. The standard InChI is InChI=1S/C25H32F2N2S/c26-25(27)20-10-23(19-4-2-1-3-5-19)11-21(25)13-24(12-20,16-23)22(30)29-15-18-8-6-17(14-28)7-9-18/h1-5,15,17-18,20-21H,6-14,16,28H2. The molecule has 0 amide bonds. The lowest BCUT2D eigenvalue weighted by molar-refractivity contribution is -0.220. The van der Waals surface area contributed by atoms with E-state index in [2.05, 4.69) is 12.1 Å². The van der Waals surface area contributed by atoms with Crippen LogP contribution in [0.3, 0.4) is 0 Å². The minimum absolute atomic E-state index is 0.173. The van der Waals surface area contributed by atoms with Crippen molar-refractivity contribution in [2.75, 3.05) is 6.54 Å². The number of nitrogens with zero attached hydrogens (tertiary/aromatic N) is 1. The summed E-state index contributed by atoms with van der Waals surface area (Å²) >= 11 is 5.87. The van der Waals surface area contributed by atoms with Crippen molar-refractivity contribution < 1.29 is 8.78 Å². The molecule has 2 atom stereocenters. The van der Waals surface area contributed by atoms with Gasteiger partial charge in [0.15, 0.2) is 0 Å². The Morgan fingerprint density at radius 2 is 1.67 bits per heavy atom. The van der Waals surface area contributed by atoms with Gasteiger partial charge in [-0.1, -0.05) is 42.5 Å². The summed E-state index contributed by atoms with van der Waals surface area (Å²) < 4.78 is 30.2. The van der Waals surface area contributed by atoms with Crippen LogP contribution in [0.1, 0.15) is 63.4 Å². The quantitative estimate of drug-likeness (QED) is 0.475. The number of halogens is 2. The van der Waals surface area contributed by atoms with E-state index in [1.807, 2.05) is 24.4 Å². The SMILES string of the molecule is NCC1CCC(C=NC(=S)C23CC4CC(c5ccccc5)(CC(C2)C4(F)F)C3)CC1. The molecule has 5 aliphatic carbocycles. The molecule has 2 nitrogen and oxygen atoms in total. The van der Waals surface area contributed by atoms with E-state index >= 15 is 8.78 Å². The first-order valence-corrected chi connectivity index (χ1v) is 12.0. The lowest BCUT2D eigenvalue weighted by Gasteiger charge is -2.64. The molecule has 30 heavy (non-hydrogen) atoms. The molecular weight excluding hydrogens is 398 g/mol. The molecule has 0 heterocycles. The van der Waals surface area contributed by atoms with Gasteiger partial charge < -0.3 is 5.73 Å². The molecule has 0 radical (unpaired) electrons. The summed E-state index contributed by atoms with van der Waals surface area (Å²) in [5.74, 6) is -2.64. The van der Waals surface area contributed by atoms with E-state index in [1.54, 1.807) is 0 Å². The van der Waals surface area contributed by atoms with Crippen molar-refractivity contribution in [3.05, 3.63) is 35.9 Å². The van der Waals surface area contributed by atoms with Gasteiger partial charge in [0.2, 0.25) is 0 Å². The van der Waals surface area contributed by atoms with Crippen LogP contribution in [-0.2, 0) is 5.41 Å². The Morgan fingerprint density at radius 1 is 1.03 bits per heavy atom. The number of alkyl halides is 2. The number of thiocarbonyl (C=S) groups is 1. The van der Waals surface area contributed by atoms with Gasteiger partial charge in [-0.25, -0.2) is 8.78 Å². The Bertz CT molecular complexity index is 811. The molecule has 0 aliphatic heterocycles. The van der Waals surface area contributed by atoms with E-state index in [0.29, 0.717) is 42.5 Å². The van der Waals surface area contributed by atoms with Crippen LogP contribution in [0.2, 0.25) is 0 Å². The van der Waals surface area contributed by atoms with Gasteiger partial charge in [0.25, 0.3) is 5.92 Å². The fraction of sp³-hybridized carbons (Fsp3) is 0.680. The second-order valence-electron chi connectivity index (χ2n) is 10.6. The van der Waals surface area contributed by atoms with E-state index in [0.717, 1.165) is 38.6 Å². The summed E-state index contributed by atoms with van der Waals surface area (Å²) in [6.45, 7) is 0.768. The molecule has 162 valence electrons.